The number of hydrogen-bond donors (Lipinski definition) is 3. The van der Waals surface area contributed by atoms with E-state index in [2.05, 4.69) is 16.1 Å². The first kappa shape index (κ1) is 7.94. The maximum absolute atomic E-state index is 4.69. The molecule has 10 heavy (non-hydrogen) atoms. The van der Waals surface area contributed by atoms with E-state index < -0.39 is 0 Å². The molecule has 4 nitrogen and oxygen atoms in total. The van der Waals surface area contributed by atoms with Crippen LogP contribution in [0.1, 0.15) is 6.42 Å². The molecule has 0 aromatic heterocycles. The van der Waals surface area contributed by atoms with Crippen LogP contribution in [0.4, 0.5) is 0 Å². The summed E-state index contributed by atoms with van der Waals surface area (Å²) >= 11 is 0. The lowest BCUT2D eigenvalue weighted by atomic mass is 10.5. The lowest BCUT2D eigenvalue weighted by Gasteiger charge is -1.80. The van der Waals surface area contributed by atoms with Gasteiger partial charge in [0, 0.05) is 26.3 Å². The minimum Gasteiger partial charge on any atom is -0.303 e. The van der Waals surface area contributed by atoms with Crippen LogP contribution in [-0.4, -0.2) is 32.9 Å². The Hall–Kier alpha value is -0.160. The van der Waals surface area contributed by atoms with E-state index in [9.17, 15) is 0 Å². The van der Waals surface area contributed by atoms with Crippen molar-refractivity contribution in [1.82, 2.24) is 16.1 Å². The van der Waals surface area contributed by atoms with Crippen molar-refractivity contribution in [2.45, 2.75) is 6.42 Å². The zero-order valence-corrected chi connectivity index (χ0v) is 6.15. The van der Waals surface area contributed by atoms with Crippen LogP contribution < -0.4 is 16.1 Å². The molecule has 2 saturated heterocycles. The van der Waals surface area contributed by atoms with Gasteiger partial charge >= 0.3 is 0 Å². The van der Waals surface area contributed by atoms with Crippen molar-refractivity contribution >= 4 is 0 Å². The van der Waals surface area contributed by atoms with Gasteiger partial charge in [-0.05, 0) is 6.42 Å². The average Bonchev–Trinajstić information content (AvgIpc) is 2.67. The summed E-state index contributed by atoms with van der Waals surface area (Å²) in [5.41, 5.74) is 2.72. The minimum atomic E-state index is 0.889. The Morgan fingerprint density at radius 1 is 1.00 bits per heavy atom. The molecule has 0 radical (unpaired) electrons. The maximum Gasteiger partial charge on any atom is 0.0695 e. The van der Waals surface area contributed by atoms with Gasteiger partial charge in [0.25, 0.3) is 0 Å². The van der Waals surface area contributed by atoms with Crippen LogP contribution in [0, 0.1) is 0 Å². The molecule has 2 fully saturated rings. The van der Waals surface area contributed by atoms with Gasteiger partial charge in [0.1, 0.15) is 0 Å². The van der Waals surface area contributed by atoms with Crippen molar-refractivity contribution in [1.29, 1.82) is 0 Å². The highest BCUT2D eigenvalue weighted by atomic mass is 16.6. The number of hydrogen-bond acceptors (Lipinski definition) is 4. The summed E-state index contributed by atoms with van der Waals surface area (Å²) in [5.74, 6) is 0. The van der Waals surface area contributed by atoms with Crippen LogP contribution in [0.2, 0.25) is 0 Å². The fraction of sp³-hybridized carbons (Fsp3) is 1.00. The zero-order valence-electron chi connectivity index (χ0n) is 6.15. The molecule has 2 aliphatic rings. The van der Waals surface area contributed by atoms with E-state index in [-0.39, 0.29) is 0 Å². The van der Waals surface area contributed by atoms with Gasteiger partial charge in [0.2, 0.25) is 0 Å². The summed E-state index contributed by atoms with van der Waals surface area (Å²) in [4.78, 5) is 4.69. The predicted octanol–water partition coefficient (Wildman–Crippen LogP) is -0.952. The van der Waals surface area contributed by atoms with Gasteiger partial charge in [-0.15, -0.1) is 0 Å². The number of nitrogens with one attached hydrogen (secondary N) is 3. The van der Waals surface area contributed by atoms with Crippen molar-refractivity contribution in [2.24, 2.45) is 0 Å². The van der Waals surface area contributed by atoms with Crippen LogP contribution in [0.15, 0.2) is 0 Å². The van der Waals surface area contributed by atoms with Gasteiger partial charge in [-0.1, -0.05) is 0 Å². The molecule has 0 aromatic rings. The Labute approximate surface area is 61.3 Å². The summed E-state index contributed by atoms with van der Waals surface area (Å²) in [7, 11) is 0. The molecule has 2 aliphatic heterocycles. The van der Waals surface area contributed by atoms with Crippen molar-refractivity contribution in [3.63, 3.8) is 0 Å². The van der Waals surface area contributed by atoms with Gasteiger partial charge in [0.15, 0.2) is 0 Å². The quantitative estimate of drug-likeness (QED) is 0.411. The average molecular weight is 145 g/mol. The molecule has 3 N–H and O–H groups in total. The Balaban J connectivity index is 0.0000001000. The van der Waals surface area contributed by atoms with E-state index in [0.29, 0.717) is 0 Å². The SMILES string of the molecule is C1CNCN1.C1CNOC1. The molecule has 0 bridgehead atoms. The van der Waals surface area contributed by atoms with Crippen molar-refractivity contribution in [3.8, 4) is 0 Å². The fourth-order valence-electron chi connectivity index (χ4n) is 0.803. The van der Waals surface area contributed by atoms with Gasteiger partial charge < -0.3 is 15.5 Å². The van der Waals surface area contributed by atoms with Crippen LogP contribution >= 0.6 is 0 Å². The predicted molar refractivity (Wildman–Crippen MR) is 39.4 cm³/mol. The molecule has 0 amide bonds. The topological polar surface area (TPSA) is 45.3 Å². The van der Waals surface area contributed by atoms with Crippen molar-refractivity contribution in [2.75, 3.05) is 32.9 Å². The van der Waals surface area contributed by atoms with Crippen LogP contribution in [-0.2, 0) is 4.84 Å². The molecular formula is C6H15N3O. The van der Waals surface area contributed by atoms with Crippen LogP contribution in [0.25, 0.3) is 0 Å². The number of rotatable bonds is 0. The molecule has 4 heteroatoms. The van der Waals surface area contributed by atoms with Gasteiger partial charge in [-0.25, -0.2) is 5.48 Å². The smallest absolute Gasteiger partial charge is 0.0695 e. The highest BCUT2D eigenvalue weighted by Crippen LogP contribution is 1.83. The van der Waals surface area contributed by atoms with E-state index in [0.717, 1.165) is 32.9 Å². The van der Waals surface area contributed by atoms with Gasteiger partial charge in [-0.2, -0.15) is 0 Å². The summed E-state index contributed by atoms with van der Waals surface area (Å²) in [5, 5.41) is 6.22. The molecule has 2 heterocycles. The van der Waals surface area contributed by atoms with Crippen molar-refractivity contribution < 1.29 is 4.84 Å². The van der Waals surface area contributed by atoms with E-state index in [1.165, 1.54) is 6.42 Å². The standard InChI is InChI=1S/C3H8N2.C3H7NO/c1-2-5-3-4-1;1-2-4-5-3-1/h4-5H,1-3H2;4H,1-3H2. The first-order valence-electron chi connectivity index (χ1n) is 3.76. The summed E-state index contributed by atoms with van der Waals surface area (Å²) in [6.07, 6.45) is 1.17. The third-order valence-corrected chi connectivity index (χ3v) is 1.36. The third-order valence-electron chi connectivity index (χ3n) is 1.36. The molecule has 60 valence electrons. The van der Waals surface area contributed by atoms with E-state index in [1.807, 2.05) is 0 Å². The first-order valence-corrected chi connectivity index (χ1v) is 3.76. The fourth-order valence-corrected chi connectivity index (χ4v) is 0.803. The Bertz CT molecular complexity index is 46.2. The second-order valence-electron chi connectivity index (χ2n) is 2.27. The monoisotopic (exact) mass is 145 g/mol. The molecule has 0 spiro atoms. The largest absolute Gasteiger partial charge is 0.303 e. The summed E-state index contributed by atoms with van der Waals surface area (Å²) in [6.45, 7) is 5.19. The summed E-state index contributed by atoms with van der Waals surface area (Å²) < 4.78 is 0. The molecule has 0 aliphatic carbocycles. The zero-order chi connectivity index (χ0) is 7.07. The lowest BCUT2D eigenvalue weighted by Crippen LogP contribution is -2.11. The second-order valence-corrected chi connectivity index (χ2v) is 2.27. The highest BCUT2D eigenvalue weighted by molar-refractivity contribution is 4.55. The lowest BCUT2D eigenvalue weighted by molar-refractivity contribution is 0.103. The van der Waals surface area contributed by atoms with Gasteiger partial charge in [0.05, 0.1) is 6.61 Å². The second kappa shape index (κ2) is 5.61. The third kappa shape index (κ3) is 3.79. The molecule has 0 saturated carbocycles. The highest BCUT2D eigenvalue weighted by Gasteiger charge is 1.93. The van der Waals surface area contributed by atoms with E-state index >= 15 is 0 Å². The number of hydroxylamine groups is 1. The Kier molecular flexibility index (Phi) is 4.46. The molecule has 0 aromatic carbocycles. The van der Waals surface area contributed by atoms with Gasteiger partial charge in [-0.3, -0.25) is 0 Å². The first-order chi connectivity index (χ1) is 5.00. The minimum absolute atomic E-state index is 0.889. The van der Waals surface area contributed by atoms with Crippen LogP contribution in [0.5, 0.6) is 0 Å². The maximum atomic E-state index is 4.69. The molecule has 2 rings (SSSR count). The Morgan fingerprint density at radius 3 is 2.00 bits per heavy atom. The molecular weight excluding hydrogens is 130 g/mol. The van der Waals surface area contributed by atoms with E-state index in [4.69, 9.17) is 4.84 Å². The normalized spacial score (nSPS) is 24.0. The van der Waals surface area contributed by atoms with E-state index in [1.54, 1.807) is 0 Å². The van der Waals surface area contributed by atoms with Crippen molar-refractivity contribution in [3.05, 3.63) is 0 Å². The van der Waals surface area contributed by atoms with Crippen LogP contribution in [0.3, 0.4) is 0 Å². The Morgan fingerprint density at radius 2 is 1.80 bits per heavy atom. The molecule has 0 unspecified atom stereocenters. The summed E-state index contributed by atoms with van der Waals surface area (Å²) in [6, 6.07) is 0. The molecule has 0 atom stereocenters.